The van der Waals surface area contributed by atoms with Crippen molar-refractivity contribution in [3.05, 3.63) is 22.4 Å². The highest BCUT2D eigenvalue weighted by molar-refractivity contribution is 9.10. The highest BCUT2D eigenvalue weighted by Gasteiger charge is 2.22. The molecule has 2 rings (SSSR count). The van der Waals surface area contributed by atoms with E-state index in [1.807, 2.05) is 0 Å². The van der Waals surface area contributed by atoms with Crippen LogP contribution < -0.4 is 5.73 Å². The van der Waals surface area contributed by atoms with Crippen LogP contribution in [0, 0.1) is 5.82 Å². The molecule has 1 aromatic heterocycles. The molecular formula is C12H14BrFN4O. The normalized spacial score (nSPS) is 12.7. The van der Waals surface area contributed by atoms with Gasteiger partial charge >= 0.3 is 0 Å². The van der Waals surface area contributed by atoms with Gasteiger partial charge in [-0.05, 0) is 28.9 Å². The maximum Gasteiger partial charge on any atom is 0.244 e. The van der Waals surface area contributed by atoms with Crippen LogP contribution in [0.4, 0.5) is 10.3 Å². The second-order valence-electron chi connectivity index (χ2n) is 4.50. The van der Waals surface area contributed by atoms with E-state index in [0.29, 0.717) is 15.5 Å². The van der Waals surface area contributed by atoms with Crippen molar-refractivity contribution >= 4 is 38.8 Å². The Bertz CT molecular complexity index is 653. The number of nitrogens with zero attached hydrogens (tertiary/aromatic N) is 3. The molecule has 0 saturated carbocycles. The summed E-state index contributed by atoms with van der Waals surface area (Å²) in [5.41, 5.74) is 6.88. The Balaban J connectivity index is 2.63. The van der Waals surface area contributed by atoms with Crippen LogP contribution in [0.5, 0.6) is 0 Å². The highest BCUT2D eigenvalue weighted by Crippen LogP contribution is 2.28. The van der Waals surface area contributed by atoms with Crippen molar-refractivity contribution in [1.29, 1.82) is 0 Å². The van der Waals surface area contributed by atoms with Crippen LogP contribution in [-0.2, 0) is 4.79 Å². The maximum atomic E-state index is 13.5. The molecule has 0 fully saturated rings. The number of carbonyl (C=O) groups excluding carboxylic acids is 1. The van der Waals surface area contributed by atoms with E-state index in [4.69, 9.17) is 5.73 Å². The van der Waals surface area contributed by atoms with Gasteiger partial charge in [-0.3, -0.25) is 9.36 Å². The number of anilines is 1. The zero-order valence-electron chi connectivity index (χ0n) is 10.8. The minimum absolute atomic E-state index is 0.105. The third-order valence-electron chi connectivity index (χ3n) is 2.94. The number of likely N-dealkylation sites (N-methyl/N-ethyl adjacent to an activating group) is 1. The summed E-state index contributed by atoms with van der Waals surface area (Å²) in [6.07, 6.45) is 0. The minimum atomic E-state index is -0.502. The number of benzene rings is 1. The summed E-state index contributed by atoms with van der Waals surface area (Å²) >= 11 is 3.12. The summed E-state index contributed by atoms with van der Waals surface area (Å²) < 4.78 is 15.4. The first-order valence-electron chi connectivity index (χ1n) is 5.66. The molecule has 0 spiro atoms. The summed E-state index contributed by atoms with van der Waals surface area (Å²) in [5, 5.41) is 0. The van der Waals surface area contributed by atoms with Gasteiger partial charge in [0.2, 0.25) is 11.9 Å². The van der Waals surface area contributed by atoms with Gasteiger partial charge in [-0.2, -0.15) is 0 Å². The second-order valence-corrected chi connectivity index (χ2v) is 5.36. The predicted octanol–water partition coefficient (Wildman–Crippen LogP) is 2.17. The van der Waals surface area contributed by atoms with Crippen molar-refractivity contribution in [3.8, 4) is 0 Å². The molecule has 0 saturated heterocycles. The first-order valence-corrected chi connectivity index (χ1v) is 6.46. The van der Waals surface area contributed by atoms with E-state index in [2.05, 4.69) is 20.9 Å². The number of halogens is 2. The summed E-state index contributed by atoms with van der Waals surface area (Å²) in [6, 6.07) is 2.37. The Morgan fingerprint density at radius 3 is 2.74 bits per heavy atom. The van der Waals surface area contributed by atoms with Gasteiger partial charge in [-0.15, -0.1) is 0 Å². The Kier molecular flexibility index (Phi) is 3.49. The molecule has 2 aromatic rings. The summed E-state index contributed by atoms with van der Waals surface area (Å²) in [7, 11) is 3.34. The lowest BCUT2D eigenvalue weighted by Gasteiger charge is -2.19. The molecule has 0 bridgehead atoms. The fourth-order valence-electron chi connectivity index (χ4n) is 2.00. The van der Waals surface area contributed by atoms with E-state index in [9.17, 15) is 9.18 Å². The van der Waals surface area contributed by atoms with Crippen LogP contribution >= 0.6 is 15.9 Å². The van der Waals surface area contributed by atoms with Gasteiger partial charge < -0.3 is 10.6 Å². The van der Waals surface area contributed by atoms with Crippen LogP contribution in [0.2, 0.25) is 0 Å². The number of fused-ring (bicyclic) bond motifs is 1. The van der Waals surface area contributed by atoms with Gasteiger partial charge in [0.25, 0.3) is 0 Å². The van der Waals surface area contributed by atoms with Crippen LogP contribution in [0.15, 0.2) is 16.6 Å². The molecule has 1 unspecified atom stereocenters. The van der Waals surface area contributed by atoms with E-state index in [0.717, 1.165) is 0 Å². The molecule has 1 amide bonds. The quantitative estimate of drug-likeness (QED) is 0.918. The molecule has 0 radical (unpaired) electrons. The van der Waals surface area contributed by atoms with Gasteiger partial charge in [0.05, 0.1) is 15.5 Å². The number of hydrogen-bond acceptors (Lipinski definition) is 3. The van der Waals surface area contributed by atoms with Crippen molar-refractivity contribution in [2.75, 3.05) is 19.8 Å². The number of rotatable bonds is 2. The Morgan fingerprint density at radius 2 is 2.16 bits per heavy atom. The van der Waals surface area contributed by atoms with Crippen molar-refractivity contribution in [1.82, 2.24) is 14.5 Å². The Hall–Kier alpha value is -1.63. The molecule has 1 aromatic carbocycles. The average Bonchev–Trinajstić information content (AvgIpc) is 2.63. The second kappa shape index (κ2) is 4.80. The van der Waals surface area contributed by atoms with Crippen molar-refractivity contribution in [2.24, 2.45) is 0 Å². The lowest BCUT2D eigenvalue weighted by molar-refractivity contribution is -0.131. The molecule has 0 aliphatic heterocycles. The number of hydrogen-bond donors (Lipinski definition) is 1. The number of nitrogen functional groups attached to an aromatic ring is 1. The van der Waals surface area contributed by atoms with E-state index >= 15 is 0 Å². The van der Waals surface area contributed by atoms with E-state index < -0.39 is 11.9 Å². The predicted molar refractivity (Wildman–Crippen MR) is 75.2 cm³/mol. The highest BCUT2D eigenvalue weighted by atomic mass is 79.9. The molecular weight excluding hydrogens is 315 g/mol. The zero-order valence-corrected chi connectivity index (χ0v) is 12.4. The first kappa shape index (κ1) is 13.8. The number of amides is 1. The third-order valence-corrected chi connectivity index (χ3v) is 3.55. The number of carbonyl (C=O) groups is 1. The topological polar surface area (TPSA) is 64.2 Å². The molecule has 1 atom stereocenters. The SMILES string of the molecule is CC(C(=O)N(C)C)n1c(N)nc2cc(F)c(Br)cc21. The minimum Gasteiger partial charge on any atom is -0.369 e. The third kappa shape index (κ3) is 2.30. The summed E-state index contributed by atoms with van der Waals surface area (Å²) in [4.78, 5) is 17.6. The fraction of sp³-hybridized carbons (Fsp3) is 0.333. The standard InChI is InChI=1S/C12H14BrFN4O/c1-6(11(19)17(2)3)18-10-4-7(13)8(14)5-9(10)16-12(18)15/h4-6H,1-3H3,(H2,15,16). The van der Waals surface area contributed by atoms with Crippen molar-refractivity contribution in [2.45, 2.75) is 13.0 Å². The first-order chi connectivity index (χ1) is 8.82. The van der Waals surface area contributed by atoms with E-state index in [1.165, 1.54) is 11.0 Å². The van der Waals surface area contributed by atoms with E-state index in [-0.39, 0.29) is 11.9 Å². The van der Waals surface area contributed by atoms with Gasteiger partial charge in [0, 0.05) is 20.2 Å². The molecule has 7 heteroatoms. The lowest BCUT2D eigenvalue weighted by Crippen LogP contribution is -2.30. The molecule has 2 N–H and O–H groups in total. The van der Waals surface area contributed by atoms with Crippen LogP contribution in [-0.4, -0.2) is 34.5 Å². The molecule has 19 heavy (non-hydrogen) atoms. The molecule has 0 aliphatic carbocycles. The molecule has 0 aliphatic rings. The van der Waals surface area contributed by atoms with Crippen molar-refractivity contribution < 1.29 is 9.18 Å². The number of aromatic nitrogens is 2. The lowest BCUT2D eigenvalue weighted by atomic mass is 10.2. The Morgan fingerprint density at radius 1 is 1.53 bits per heavy atom. The average molecular weight is 329 g/mol. The van der Waals surface area contributed by atoms with Gasteiger partial charge in [-0.1, -0.05) is 0 Å². The summed E-state index contributed by atoms with van der Waals surface area (Å²) in [6.45, 7) is 1.73. The monoisotopic (exact) mass is 328 g/mol. The molecule has 1 heterocycles. The smallest absolute Gasteiger partial charge is 0.244 e. The zero-order chi connectivity index (χ0) is 14.3. The van der Waals surface area contributed by atoms with Gasteiger partial charge in [0.15, 0.2) is 0 Å². The summed E-state index contributed by atoms with van der Waals surface area (Å²) in [5.74, 6) is -0.328. The molecule has 102 valence electrons. The van der Waals surface area contributed by atoms with Crippen LogP contribution in [0.3, 0.4) is 0 Å². The fourth-order valence-corrected chi connectivity index (χ4v) is 2.33. The van der Waals surface area contributed by atoms with Gasteiger partial charge in [0.1, 0.15) is 11.9 Å². The van der Waals surface area contributed by atoms with Gasteiger partial charge in [-0.25, -0.2) is 9.37 Å². The largest absolute Gasteiger partial charge is 0.369 e. The molecule has 5 nitrogen and oxygen atoms in total. The van der Waals surface area contributed by atoms with E-state index in [1.54, 1.807) is 31.7 Å². The number of nitrogens with two attached hydrogens (primary N) is 1. The van der Waals surface area contributed by atoms with Crippen molar-refractivity contribution in [3.63, 3.8) is 0 Å². The number of imidazole rings is 1. The van der Waals surface area contributed by atoms with Crippen LogP contribution in [0.1, 0.15) is 13.0 Å². The Labute approximate surface area is 118 Å². The maximum absolute atomic E-state index is 13.5. The van der Waals surface area contributed by atoms with Crippen LogP contribution in [0.25, 0.3) is 11.0 Å².